The summed E-state index contributed by atoms with van der Waals surface area (Å²) in [6.45, 7) is 5.04. The van der Waals surface area contributed by atoms with Gasteiger partial charge in [-0.25, -0.2) is 0 Å². The molecule has 0 saturated carbocycles. The lowest BCUT2D eigenvalue weighted by Crippen LogP contribution is -3.11. The maximum atomic E-state index is 12.1. The predicted molar refractivity (Wildman–Crippen MR) is 83.8 cm³/mol. The number of benzene rings is 1. The maximum absolute atomic E-state index is 12.1. The number of hydrogen-bond acceptors (Lipinski definition) is 3. The van der Waals surface area contributed by atoms with Crippen LogP contribution in [0, 0.1) is 6.92 Å². The summed E-state index contributed by atoms with van der Waals surface area (Å²) >= 11 is 0. The summed E-state index contributed by atoms with van der Waals surface area (Å²) < 4.78 is 5.23. The molecule has 1 fully saturated rings. The molecular weight excluding hydrogens is 282 g/mol. The van der Waals surface area contributed by atoms with Crippen molar-refractivity contribution in [3.63, 3.8) is 0 Å². The summed E-state index contributed by atoms with van der Waals surface area (Å²) in [6.07, 6.45) is 0. The zero-order valence-corrected chi connectivity index (χ0v) is 13.2. The zero-order valence-electron chi connectivity index (χ0n) is 13.2. The normalized spacial score (nSPS) is 16.2. The van der Waals surface area contributed by atoms with Crippen molar-refractivity contribution in [2.24, 2.45) is 0 Å². The van der Waals surface area contributed by atoms with Gasteiger partial charge in [0.2, 0.25) is 0 Å². The van der Waals surface area contributed by atoms with Crippen molar-refractivity contribution >= 4 is 17.5 Å². The molecule has 6 heteroatoms. The van der Waals surface area contributed by atoms with Gasteiger partial charge in [-0.1, -0.05) is 12.1 Å². The first-order valence-corrected chi connectivity index (χ1v) is 7.58. The molecule has 22 heavy (non-hydrogen) atoms. The first-order chi connectivity index (χ1) is 10.5. The first kappa shape index (κ1) is 16.5. The largest absolute Gasteiger partial charge is 0.378 e. The van der Waals surface area contributed by atoms with Gasteiger partial charge in [0.15, 0.2) is 13.1 Å². The van der Waals surface area contributed by atoms with Crippen molar-refractivity contribution in [2.75, 3.05) is 51.8 Å². The lowest BCUT2D eigenvalue weighted by atomic mass is 10.2. The Balaban J connectivity index is 1.77. The van der Waals surface area contributed by atoms with Crippen LogP contribution in [0.4, 0.5) is 5.69 Å². The fourth-order valence-corrected chi connectivity index (χ4v) is 2.45. The zero-order chi connectivity index (χ0) is 15.9. The minimum atomic E-state index is -0.0853. The number of anilines is 1. The summed E-state index contributed by atoms with van der Waals surface area (Å²) in [4.78, 5) is 26.8. The SMILES string of the molecule is Cc1cccc(NC(=O)C[NH+](C)CC(=O)N2CCOCC2)c1. The number of nitrogens with zero attached hydrogens (tertiary/aromatic N) is 1. The van der Waals surface area contributed by atoms with Crippen LogP contribution in [0.2, 0.25) is 0 Å². The number of quaternary nitrogens is 1. The van der Waals surface area contributed by atoms with Gasteiger partial charge in [0.05, 0.1) is 20.3 Å². The molecule has 0 aromatic heterocycles. The number of ether oxygens (including phenoxy) is 1. The fourth-order valence-electron chi connectivity index (χ4n) is 2.45. The summed E-state index contributed by atoms with van der Waals surface area (Å²) in [5.41, 5.74) is 1.89. The van der Waals surface area contributed by atoms with Crippen molar-refractivity contribution in [2.45, 2.75) is 6.92 Å². The summed E-state index contributed by atoms with van der Waals surface area (Å²) in [5.74, 6) is -0.0120. The Kier molecular flexibility index (Phi) is 5.91. The van der Waals surface area contributed by atoms with Gasteiger partial charge in [-0.05, 0) is 24.6 Å². The molecule has 0 radical (unpaired) electrons. The summed E-state index contributed by atoms with van der Waals surface area (Å²) in [6, 6.07) is 7.67. The number of hydrogen-bond donors (Lipinski definition) is 2. The second-order valence-corrected chi connectivity index (χ2v) is 5.72. The van der Waals surface area contributed by atoms with Gasteiger partial charge in [0.1, 0.15) is 0 Å². The number of aryl methyl sites for hydroxylation is 1. The molecule has 120 valence electrons. The van der Waals surface area contributed by atoms with E-state index in [0.29, 0.717) is 32.8 Å². The number of morpholine rings is 1. The van der Waals surface area contributed by atoms with E-state index in [2.05, 4.69) is 5.32 Å². The van der Waals surface area contributed by atoms with E-state index >= 15 is 0 Å². The van der Waals surface area contributed by atoms with Gasteiger partial charge >= 0.3 is 0 Å². The predicted octanol–water partition coefficient (Wildman–Crippen LogP) is -0.693. The highest BCUT2D eigenvalue weighted by Gasteiger charge is 2.21. The van der Waals surface area contributed by atoms with E-state index in [-0.39, 0.29) is 18.4 Å². The Bertz CT molecular complexity index is 527. The average molecular weight is 306 g/mol. The summed E-state index contributed by atoms with van der Waals surface area (Å²) in [5, 5.41) is 2.86. The molecule has 0 aliphatic carbocycles. The van der Waals surface area contributed by atoms with Crippen LogP contribution in [0.15, 0.2) is 24.3 Å². The Morgan fingerprint density at radius 3 is 2.68 bits per heavy atom. The number of carbonyl (C=O) groups is 2. The van der Waals surface area contributed by atoms with Gasteiger partial charge in [0, 0.05) is 18.8 Å². The highest BCUT2D eigenvalue weighted by Crippen LogP contribution is 2.08. The van der Waals surface area contributed by atoms with Crippen LogP contribution >= 0.6 is 0 Å². The van der Waals surface area contributed by atoms with E-state index in [1.54, 1.807) is 4.90 Å². The average Bonchev–Trinajstić information content (AvgIpc) is 2.47. The molecule has 2 amide bonds. The Labute approximate surface area is 131 Å². The second-order valence-electron chi connectivity index (χ2n) is 5.72. The maximum Gasteiger partial charge on any atom is 0.279 e. The molecule has 1 aromatic carbocycles. The van der Waals surface area contributed by atoms with E-state index in [0.717, 1.165) is 16.2 Å². The van der Waals surface area contributed by atoms with Gasteiger partial charge < -0.3 is 19.9 Å². The number of amides is 2. The van der Waals surface area contributed by atoms with Crippen LogP contribution in [0.1, 0.15) is 5.56 Å². The standard InChI is InChI=1S/C16H23N3O3/c1-13-4-3-5-14(10-13)17-15(20)11-18(2)12-16(21)19-6-8-22-9-7-19/h3-5,10H,6-9,11-12H2,1-2H3,(H,17,20)/p+1. The molecule has 1 heterocycles. The van der Waals surface area contributed by atoms with Crippen LogP contribution in [0.25, 0.3) is 0 Å². The fraction of sp³-hybridized carbons (Fsp3) is 0.500. The van der Waals surface area contributed by atoms with E-state index in [4.69, 9.17) is 4.74 Å². The molecule has 1 aromatic rings. The quantitative estimate of drug-likeness (QED) is 0.757. The third-order valence-electron chi connectivity index (χ3n) is 3.58. The molecule has 1 aliphatic rings. The second kappa shape index (κ2) is 7.91. The molecule has 0 spiro atoms. The molecule has 1 aliphatic heterocycles. The van der Waals surface area contributed by atoms with Gasteiger partial charge in [0.25, 0.3) is 11.8 Å². The van der Waals surface area contributed by atoms with Crippen LogP contribution in [0.5, 0.6) is 0 Å². The van der Waals surface area contributed by atoms with Crippen molar-refractivity contribution < 1.29 is 19.2 Å². The summed E-state index contributed by atoms with van der Waals surface area (Å²) in [7, 11) is 1.86. The minimum Gasteiger partial charge on any atom is -0.378 e. The number of rotatable bonds is 5. The molecule has 1 unspecified atom stereocenters. The van der Waals surface area contributed by atoms with Crippen LogP contribution < -0.4 is 10.2 Å². The molecule has 6 nitrogen and oxygen atoms in total. The van der Waals surface area contributed by atoms with Crippen LogP contribution in [-0.4, -0.2) is 63.2 Å². The lowest BCUT2D eigenvalue weighted by molar-refractivity contribution is -0.862. The third kappa shape index (κ3) is 5.13. The van der Waals surface area contributed by atoms with Crippen molar-refractivity contribution in [1.82, 2.24) is 4.90 Å². The first-order valence-electron chi connectivity index (χ1n) is 7.58. The van der Waals surface area contributed by atoms with Crippen LogP contribution in [-0.2, 0) is 14.3 Å². The highest BCUT2D eigenvalue weighted by atomic mass is 16.5. The van der Waals surface area contributed by atoms with Crippen molar-refractivity contribution in [3.8, 4) is 0 Å². The molecule has 2 N–H and O–H groups in total. The minimum absolute atomic E-state index is 0.0733. The van der Waals surface area contributed by atoms with Gasteiger partial charge in [-0.15, -0.1) is 0 Å². The number of nitrogens with one attached hydrogen (secondary N) is 2. The Morgan fingerprint density at radius 2 is 2.00 bits per heavy atom. The molecule has 0 bridgehead atoms. The monoisotopic (exact) mass is 306 g/mol. The molecule has 1 atom stereocenters. The molecule has 2 rings (SSSR count). The Morgan fingerprint density at radius 1 is 1.27 bits per heavy atom. The van der Waals surface area contributed by atoms with E-state index < -0.39 is 0 Å². The molecule has 1 saturated heterocycles. The van der Waals surface area contributed by atoms with Gasteiger partial charge in [-0.3, -0.25) is 9.59 Å². The number of carbonyl (C=O) groups excluding carboxylic acids is 2. The smallest absolute Gasteiger partial charge is 0.279 e. The Hall–Kier alpha value is -1.92. The molecular formula is C16H24N3O3+. The van der Waals surface area contributed by atoms with Crippen molar-refractivity contribution in [1.29, 1.82) is 0 Å². The lowest BCUT2D eigenvalue weighted by Gasteiger charge is -2.27. The third-order valence-corrected chi connectivity index (χ3v) is 3.58. The highest BCUT2D eigenvalue weighted by molar-refractivity contribution is 5.91. The van der Waals surface area contributed by atoms with E-state index in [9.17, 15) is 9.59 Å². The van der Waals surface area contributed by atoms with Gasteiger partial charge in [-0.2, -0.15) is 0 Å². The van der Waals surface area contributed by atoms with Crippen molar-refractivity contribution in [3.05, 3.63) is 29.8 Å². The van der Waals surface area contributed by atoms with E-state index in [1.165, 1.54) is 0 Å². The number of likely N-dealkylation sites (N-methyl/N-ethyl adjacent to an activating group) is 1. The topological polar surface area (TPSA) is 63.1 Å². The van der Waals surface area contributed by atoms with Crippen LogP contribution in [0.3, 0.4) is 0 Å². The van der Waals surface area contributed by atoms with E-state index in [1.807, 2.05) is 38.2 Å².